The fraction of sp³-hybridized carbons (Fsp3) is 0. The standard InChI is InChI=1S/C14H10ClIN2O2S/c15-11-8-9(16)3-5-12(11)17-14(21)18-13(19)6-4-10-2-1-7-20-10/h1-8H,(H2,17,18,19,21). The fourth-order valence-corrected chi connectivity index (χ4v) is 2.56. The Balaban J connectivity index is 1.90. The minimum Gasteiger partial charge on any atom is -0.465 e. The molecule has 0 unspecified atom stereocenters. The van der Waals surface area contributed by atoms with Gasteiger partial charge in [-0.1, -0.05) is 11.6 Å². The van der Waals surface area contributed by atoms with Gasteiger partial charge in [0.2, 0.25) is 5.91 Å². The summed E-state index contributed by atoms with van der Waals surface area (Å²) in [4.78, 5) is 11.7. The third-order valence-corrected chi connectivity index (χ3v) is 3.55. The van der Waals surface area contributed by atoms with Crippen molar-refractivity contribution in [3.63, 3.8) is 0 Å². The van der Waals surface area contributed by atoms with E-state index in [9.17, 15) is 4.79 Å². The lowest BCUT2D eigenvalue weighted by Gasteiger charge is -2.09. The lowest BCUT2D eigenvalue weighted by molar-refractivity contribution is -0.115. The van der Waals surface area contributed by atoms with E-state index in [1.165, 1.54) is 12.3 Å². The highest BCUT2D eigenvalue weighted by Crippen LogP contribution is 2.23. The molecule has 1 aromatic heterocycles. The van der Waals surface area contributed by atoms with E-state index in [1.807, 2.05) is 6.07 Å². The van der Waals surface area contributed by atoms with Crippen LogP contribution in [0.1, 0.15) is 5.76 Å². The molecule has 0 aliphatic rings. The molecule has 0 saturated heterocycles. The molecule has 21 heavy (non-hydrogen) atoms. The Hall–Kier alpha value is -1.38. The summed E-state index contributed by atoms with van der Waals surface area (Å²) in [6.45, 7) is 0. The van der Waals surface area contributed by atoms with E-state index in [0.717, 1.165) is 3.57 Å². The molecule has 2 aromatic rings. The number of rotatable bonds is 3. The average molecular weight is 433 g/mol. The summed E-state index contributed by atoms with van der Waals surface area (Å²) in [6.07, 6.45) is 4.42. The summed E-state index contributed by atoms with van der Waals surface area (Å²) in [5.41, 5.74) is 0.636. The monoisotopic (exact) mass is 432 g/mol. The second-order valence-corrected chi connectivity index (χ2v) is 5.98. The molecule has 0 bridgehead atoms. The van der Waals surface area contributed by atoms with Crippen LogP contribution in [0.3, 0.4) is 0 Å². The molecule has 0 atom stereocenters. The van der Waals surface area contributed by atoms with E-state index in [0.29, 0.717) is 16.5 Å². The Kier molecular flexibility index (Phi) is 5.77. The number of benzene rings is 1. The topological polar surface area (TPSA) is 54.3 Å². The van der Waals surface area contributed by atoms with Crippen LogP contribution < -0.4 is 10.6 Å². The largest absolute Gasteiger partial charge is 0.465 e. The van der Waals surface area contributed by atoms with Crippen LogP contribution >= 0.6 is 46.4 Å². The lowest BCUT2D eigenvalue weighted by atomic mass is 10.3. The van der Waals surface area contributed by atoms with E-state index in [-0.39, 0.29) is 11.0 Å². The highest BCUT2D eigenvalue weighted by atomic mass is 127. The molecule has 0 aliphatic heterocycles. The van der Waals surface area contributed by atoms with Crippen molar-refractivity contribution in [1.29, 1.82) is 0 Å². The minimum atomic E-state index is -0.356. The molecule has 7 heteroatoms. The molecule has 0 aliphatic carbocycles. The van der Waals surface area contributed by atoms with Crippen molar-refractivity contribution < 1.29 is 9.21 Å². The second-order valence-electron chi connectivity index (χ2n) is 3.92. The Labute approximate surface area is 145 Å². The van der Waals surface area contributed by atoms with Crippen molar-refractivity contribution in [3.8, 4) is 0 Å². The summed E-state index contributed by atoms with van der Waals surface area (Å²) >= 11 is 13.3. The van der Waals surface area contributed by atoms with Gasteiger partial charge in [-0.15, -0.1) is 0 Å². The van der Waals surface area contributed by atoms with Gasteiger partial charge < -0.3 is 9.73 Å². The molecular weight excluding hydrogens is 423 g/mol. The summed E-state index contributed by atoms with van der Waals surface area (Å²) in [5, 5.41) is 6.10. The van der Waals surface area contributed by atoms with Gasteiger partial charge in [-0.3, -0.25) is 10.1 Å². The van der Waals surface area contributed by atoms with Crippen molar-refractivity contribution in [2.24, 2.45) is 0 Å². The van der Waals surface area contributed by atoms with Crippen LogP contribution in [-0.4, -0.2) is 11.0 Å². The van der Waals surface area contributed by atoms with Gasteiger partial charge >= 0.3 is 0 Å². The van der Waals surface area contributed by atoms with Gasteiger partial charge in [0.15, 0.2) is 5.11 Å². The maximum absolute atomic E-state index is 11.7. The smallest absolute Gasteiger partial charge is 0.250 e. The number of furan rings is 1. The van der Waals surface area contributed by atoms with E-state index in [2.05, 4.69) is 33.2 Å². The number of thiocarbonyl (C=S) groups is 1. The normalized spacial score (nSPS) is 10.6. The predicted molar refractivity (Wildman–Crippen MR) is 96.3 cm³/mol. The molecule has 2 rings (SSSR count). The number of nitrogens with one attached hydrogen (secondary N) is 2. The molecule has 108 valence electrons. The van der Waals surface area contributed by atoms with E-state index < -0.39 is 0 Å². The fourth-order valence-electron chi connectivity index (χ4n) is 1.44. The molecule has 0 saturated carbocycles. The maximum Gasteiger partial charge on any atom is 0.250 e. The minimum absolute atomic E-state index is 0.173. The summed E-state index contributed by atoms with van der Waals surface area (Å²) in [5.74, 6) is 0.232. The summed E-state index contributed by atoms with van der Waals surface area (Å²) in [6, 6.07) is 8.96. The quantitative estimate of drug-likeness (QED) is 0.436. The van der Waals surface area contributed by atoms with Gasteiger partial charge in [0.25, 0.3) is 0 Å². The third-order valence-electron chi connectivity index (χ3n) is 2.36. The SMILES string of the molecule is O=C(C=Cc1ccco1)NC(=S)Nc1ccc(I)cc1Cl. The van der Waals surface area contributed by atoms with Crippen LogP contribution in [0.4, 0.5) is 5.69 Å². The van der Waals surface area contributed by atoms with Crippen molar-refractivity contribution in [3.05, 3.63) is 57.0 Å². The molecule has 0 radical (unpaired) electrons. The van der Waals surface area contributed by atoms with E-state index >= 15 is 0 Å². The molecular formula is C14H10ClIN2O2S. The Morgan fingerprint density at radius 3 is 2.86 bits per heavy atom. The zero-order valence-electron chi connectivity index (χ0n) is 10.6. The molecule has 0 fully saturated rings. The predicted octanol–water partition coefficient (Wildman–Crippen LogP) is 4.06. The van der Waals surface area contributed by atoms with Gasteiger partial charge in [0.05, 0.1) is 17.0 Å². The van der Waals surface area contributed by atoms with Crippen molar-refractivity contribution in [2.45, 2.75) is 0 Å². The zero-order valence-corrected chi connectivity index (χ0v) is 14.3. The highest BCUT2D eigenvalue weighted by molar-refractivity contribution is 14.1. The summed E-state index contributed by atoms with van der Waals surface area (Å²) < 4.78 is 6.09. The van der Waals surface area contributed by atoms with E-state index in [1.54, 1.807) is 30.3 Å². The number of hydrogen-bond donors (Lipinski definition) is 2. The first kappa shape index (κ1) is 16.0. The number of hydrogen-bond acceptors (Lipinski definition) is 3. The lowest BCUT2D eigenvalue weighted by Crippen LogP contribution is -2.32. The molecule has 4 nitrogen and oxygen atoms in total. The van der Waals surface area contributed by atoms with Crippen LogP contribution in [0.5, 0.6) is 0 Å². The van der Waals surface area contributed by atoms with Crippen molar-refractivity contribution in [2.75, 3.05) is 5.32 Å². The van der Waals surface area contributed by atoms with Crippen LogP contribution in [0, 0.1) is 3.57 Å². The number of amides is 1. The maximum atomic E-state index is 11.7. The molecule has 0 spiro atoms. The van der Waals surface area contributed by atoms with Gasteiger partial charge in [-0.2, -0.15) is 0 Å². The highest BCUT2D eigenvalue weighted by Gasteiger charge is 2.05. The first-order chi connectivity index (χ1) is 10.0. The second kappa shape index (κ2) is 7.58. The Morgan fingerprint density at radius 1 is 1.38 bits per heavy atom. The molecule has 1 aromatic carbocycles. The third kappa shape index (κ3) is 5.14. The Bertz CT molecular complexity index is 686. The number of carbonyl (C=O) groups is 1. The Morgan fingerprint density at radius 2 is 2.19 bits per heavy atom. The summed E-state index contributed by atoms with van der Waals surface area (Å²) in [7, 11) is 0. The van der Waals surface area contributed by atoms with Gasteiger partial charge in [0, 0.05) is 9.65 Å². The van der Waals surface area contributed by atoms with Gasteiger partial charge in [-0.25, -0.2) is 0 Å². The van der Waals surface area contributed by atoms with Gasteiger partial charge in [-0.05, 0) is 71.2 Å². The average Bonchev–Trinajstić information content (AvgIpc) is 2.93. The number of anilines is 1. The van der Waals surface area contributed by atoms with Crippen molar-refractivity contribution >= 4 is 69.2 Å². The zero-order chi connectivity index (χ0) is 15.2. The van der Waals surface area contributed by atoms with Crippen LogP contribution in [-0.2, 0) is 4.79 Å². The first-order valence-electron chi connectivity index (χ1n) is 5.83. The van der Waals surface area contributed by atoms with Crippen LogP contribution in [0.25, 0.3) is 6.08 Å². The van der Waals surface area contributed by atoms with Crippen LogP contribution in [0.15, 0.2) is 47.1 Å². The van der Waals surface area contributed by atoms with Gasteiger partial charge in [0.1, 0.15) is 5.76 Å². The van der Waals surface area contributed by atoms with Crippen molar-refractivity contribution in [1.82, 2.24) is 5.32 Å². The molecule has 1 heterocycles. The molecule has 2 N–H and O–H groups in total. The van der Waals surface area contributed by atoms with E-state index in [4.69, 9.17) is 28.2 Å². The number of halogens is 2. The first-order valence-corrected chi connectivity index (χ1v) is 7.70. The number of carbonyl (C=O) groups excluding carboxylic acids is 1. The molecule has 1 amide bonds. The van der Waals surface area contributed by atoms with Crippen LogP contribution in [0.2, 0.25) is 5.02 Å².